The molecule has 0 spiro atoms. The first-order valence-corrected chi connectivity index (χ1v) is 8.28. The van der Waals surface area contributed by atoms with Gasteiger partial charge in [-0.15, -0.1) is 11.3 Å². The zero-order valence-corrected chi connectivity index (χ0v) is 13.5. The van der Waals surface area contributed by atoms with Gasteiger partial charge in [0.15, 0.2) is 0 Å². The Labute approximate surface area is 131 Å². The van der Waals surface area contributed by atoms with Crippen LogP contribution in [0, 0.1) is 0 Å². The van der Waals surface area contributed by atoms with Crippen molar-refractivity contribution in [3.8, 4) is 0 Å². The van der Waals surface area contributed by atoms with Gasteiger partial charge < -0.3 is 5.32 Å². The molecule has 102 valence electrons. The highest BCUT2D eigenvalue weighted by atomic mass is 79.9. The first-order valence-electron chi connectivity index (χ1n) is 6.60. The Morgan fingerprint density at radius 3 is 2.95 bits per heavy atom. The molecule has 4 heteroatoms. The molecule has 2 nitrogen and oxygen atoms in total. The summed E-state index contributed by atoms with van der Waals surface area (Å²) in [6.45, 7) is 3.07. The van der Waals surface area contributed by atoms with Gasteiger partial charge in [-0.3, -0.25) is 4.98 Å². The predicted octanol–water partition coefficient (Wildman–Crippen LogP) is 4.76. The number of thiophene rings is 1. The van der Waals surface area contributed by atoms with Gasteiger partial charge in [0.25, 0.3) is 0 Å². The third-order valence-electron chi connectivity index (χ3n) is 3.27. The topological polar surface area (TPSA) is 24.9 Å². The maximum Gasteiger partial charge on any atom is 0.0705 e. The Kier molecular flexibility index (Phi) is 4.15. The maximum absolute atomic E-state index is 4.45. The Morgan fingerprint density at radius 2 is 2.20 bits per heavy atom. The standard InChI is InChI=1S/C16H15BrN2S/c1-2-18-16(15-9-11(17)10-20-15)13-5-3-7-14-12(13)6-4-8-19-14/h3-10,16,18H,2H2,1H3. The van der Waals surface area contributed by atoms with E-state index in [1.54, 1.807) is 11.3 Å². The first kappa shape index (κ1) is 13.7. The van der Waals surface area contributed by atoms with Crippen LogP contribution in [-0.4, -0.2) is 11.5 Å². The molecule has 0 aliphatic heterocycles. The van der Waals surface area contributed by atoms with E-state index in [9.17, 15) is 0 Å². The van der Waals surface area contributed by atoms with Crippen LogP contribution in [0.3, 0.4) is 0 Å². The number of pyridine rings is 1. The third kappa shape index (κ3) is 2.64. The normalized spacial score (nSPS) is 12.7. The molecule has 3 rings (SSSR count). The number of nitrogens with one attached hydrogen (secondary N) is 1. The van der Waals surface area contributed by atoms with Crippen LogP contribution in [0.25, 0.3) is 10.9 Å². The molecule has 2 heterocycles. The molecule has 3 aromatic rings. The molecule has 2 aromatic heterocycles. The van der Waals surface area contributed by atoms with Crippen molar-refractivity contribution in [2.45, 2.75) is 13.0 Å². The summed E-state index contributed by atoms with van der Waals surface area (Å²) in [5.41, 5.74) is 2.33. The number of rotatable bonds is 4. The quantitative estimate of drug-likeness (QED) is 0.736. The van der Waals surface area contributed by atoms with Crippen LogP contribution in [-0.2, 0) is 0 Å². The Hall–Kier alpha value is -1.23. The number of hydrogen-bond acceptors (Lipinski definition) is 3. The number of halogens is 1. The van der Waals surface area contributed by atoms with Crippen molar-refractivity contribution >= 4 is 38.2 Å². The summed E-state index contributed by atoms with van der Waals surface area (Å²) in [6.07, 6.45) is 1.84. The highest BCUT2D eigenvalue weighted by molar-refractivity contribution is 9.10. The summed E-state index contributed by atoms with van der Waals surface area (Å²) in [7, 11) is 0. The minimum atomic E-state index is 0.212. The molecule has 0 aliphatic carbocycles. The molecular formula is C16H15BrN2S. The van der Waals surface area contributed by atoms with Gasteiger partial charge in [-0.05, 0) is 46.2 Å². The zero-order chi connectivity index (χ0) is 13.9. The fourth-order valence-corrected chi connectivity index (χ4v) is 3.96. The van der Waals surface area contributed by atoms with Crippen LogP contribution < -0.4 is 5.32 Å². The highest BCUT2D eigenvalue weighted by Crippen LogP contribution is 2.33. The largest absolute Gasteiger partial charge is 0.306 e. The molecule has 0 bridgehead atoms. The number of nitrogens with zero attached hydrogens (tertiary/aromatic N) is 1. The number of hydrogen-bond donors (Lipinski definition) is 1. The van der Waals surface area contributed by atoms with E-state index in [4.69, 9.17) is 0 Å². The fraction of sp³-hybridized carbons (Fsp3) is 0.188. The van der Waals surface area contributed by atoms with Gasteiger partial charge >= 0.3 is 0 Å². The number of aromatic nitrogens is 1. The molecule has 1 aromatic carbocycles. The molecule has 20 heavy (non-hydrogen) atoms. The highest BCUT2D eigenvalue weighted by Gasteiger charge is 2.17. The predicted molar refractivity (Wildman–Crippen MR) is 89.3 cm³/mol. The SMILES string of the molecule is CCNC(c1cc(Br)cs1)c1cccc2ncccc12. The fourth-order valence-electron chi connectivity index (χ4n) is 2.43. The average Bonchev–Trinajstić information content (AvgIpc) is 2.91. The minimum Gasteiger partial charge on any atom is -0.306 e. The van der Waals surface area contributed by atoms with Gasteiger partial charge in [-0.25, -0.2) is 0 Å². The van der Waals surface area contributed by atoms with Crippen molar-refractivity contribution in [1.29, 1.82) is 0 Å². The van der Waals surface area contributed by atoms with Crippen LogP contribution in [0.4, 0.5) is 0 Å². The van der Waals surface area contributed by atoms with E-state index < -0.39 is 0 Å². The van der Waals surface area contributed by atoms with Gasteiger partial charge in [-0.2, -0.15) is 0 Å². The second-order valence-electron chi connectivity index (χ2n) is 4.58. The zero-order valence-electron chi connectivity index (χ0n) is 11.1. The third-order valence-corrected chi connectivity index (χ3v) is 5.03. The smallest absolute Gasteiger partial charge is 0.0705 e. The molecule has 0 saturated carbocycles. The summed E-state index contributed by atoms with van der Waals surface area (Å²) in [6, 6.07) is 12.9. The van der Waals surface area contributed by atoms with Gasteiger partial charge in [0.2, 0.25) is 0 Å². The van der Waals surface area contributed by atoms with Crippen LogP contribution in [0.5, 0.6) is 0 Å². The monoisotopic (exact) mass is 346 g/mol. The lowest BCUT2D eigenvalue weighted by atomic mass is 10.00. The summed E-state index contributed by atoms with van der Waals surface area (Å²) in [5.74, 6) is 0. The van der Waals surface area contributed by atoms with E-state index in [0.717, 1.165) is 16.5 Å². The number of benzene rings is 1. The summed E-state index contributed by atoms with van der Waals surface area (Å²) in [4.78, 5) is 5.76. The van der Waals surface area contributed by atoms with Gasteiger partial charge in [0.1, 0.15) is 0 Å². The van der Waals surface area contributed by atoms with Crippen molar-refractivity contribution in [1.82, 2.24) is 10.3 Å². The molecule has 1 unspecified atom stereocenters. The van der Waals surface area contributed by atoms with E-state index in [1.807, 2.05) is 12.3 Å². The average molecular weight is 347 g/mol. The van der Waals surface area contributed by atoms with E-state index in [2.05, 4.69) is 68.9 Å². The Morgan fingerprint density at radius 1 is 1.30 bits per heavy atom. The Balaban J connectivity index is 2.14. The minimum absolute atomic E-state index is 0.212. The van der Waals surface area contributed by atoms with Crippen LogP contribution in [0.1, 0.15) is 23.4 Å². The molecule has 0 aliphatic rings. The van der Waals surface area contributed by atoms with Crippen molar-refractivity contribution < 1.29 is 0 Å². The molecule has 1 N–H and O–H groups in total. The molecular weight excluding hydrogens is 332 g/mol. The van der Waals surface area contributed by atoms with Crippen molar-refractivity contribution in [2.24, 2.45) is 0 Å². The van der Waals surface area contributed by atoms with Crippen LogP contribution in [0.2, 0.25) is 0 Å². The molecule has 0 amide bonds. The Bertz CT molecular complexity index is 718. The lowest BCUT2D eigenvalue weighted by molar-refractivity contribution is 0.643. The first-order chi connectivity index (χ1) is 9.79. The summed E-state index contributed by atoms with van der Waals surface area (Å²) >= 11 is 5.32. The maximum atomic E-state index is 4.45. The van der Waals surface area contributed by atoms with Gasteiger partial charge in [-0.1, -0.05) is 25.1 Å². The number of fused-ring (bicyclic) bond motifs is 1. The second kappa shape index (κ2) is 6.04. The van der Waals surface area contributed by atoms with Gasteiger partial charge in [0.05, 0.1) is 11.6 Å². The molecule has 0 saturated heterocycles. The van der Waals surface area contributed by atoms with Crippen LogP contribution in [0.15, 0.2) is 52.4 Å². The second-order valence-corrected chi connectivity index (χ2v) is 6.43. The molecule has 0 fully saturated rings. The summed E-state index contributed by atoms with van der Waals surface area (Å²) < 4.78 is 1.14. The molecule has 1 atom stereocenters. The van der Waals surface area contributed by atoms with Crippen LogP contribution >= 0.6 is 27.3 Å². The van der Waals surface area contributed by atoms with Crippen molar-refractivity contribution in [3.63, 3.8) is 0 Å². The van der Waals surface area contributed by atoms with E-state index in [0.29, 0.717) is 0 Å². The van der Waals surface area contributed by atoms with Crippen molar-refractivity contribution in [2.75, 3.05) is 6.54 Å². The van der Waals surface area contributed by atoms with E-state index in [1.165, 1.54) is 15.8 Å². The summed E-state index contributed by atoms with van der Waals surface area (Å²) in [5, 5.41) is 6.92. The lowest BCUT2D eigenvalue weighted by Gasteiger charge is -2.18. The lowest BCUT2D eigenvalue weighted by Crippen LogP contribution is -2.21. The van der Waals surface area contributed by atoms with Crippen molar-refractivity contribution in [3.05, 3.63) is 62.9 Å². The van der Waals surface area contributed by atoms with Gasteiger partial charge in [0, 0.05) is 26.3 Å². The molecule has 0 radical (unpaired) electrons. The van der Waals surface area contributed by atoms with E-state index >= 15 is 0 Å². The van der Waals surface area contributed by atoms with E-state index in [-0.39, 0.29) is 6.04 Å².